The molecule has 7 nitrogen and oxygen atoms in total. The molecule has 3 aromatic rings. The van der Waals surface area contributed by atoms with Gasteiger partial charge in [-0.2, -0.15) is 0 Å². The molecule has 3 aromatic carbocycles. The largest absolute Gasteiger partial charge is 0.491 e. The number of benzene rings is 3. The lowest BCUT2D eigenvalue weighted by Crippen LogP contribution is -2.27. The summed E-state index contributed by atoms with van der Waals surface area (Å²) in [5.74, 6) is 0.334. The van der Waals surface area contributed by atoms with Crippen molar-refractivity contribution in [3.63, 3.8) is 0 Å². The Balaban J connectivity index is 1.43. The van der Waals surface area contributed by atoms with Gasteiger partial charge >= 0.3 is 0 Å². The molecule has 0 heterocycles. The third-order valence-corrected chi connectivity index (χ3v) is 5.06. The van der Waals surface area contributed by atoms with Gasteiger partial charge in [-0.25, -0.2) is 0 Å². The van der Waals surface area contributed by atoms with Gasteiger partial charge < -0.3 is 25.4 Å². The monoisotopic (exact) mass is 461 g/mol. The molecule has 0 saturated carbocycles. The van der Waals surface area contributed by atoms with Crippen molar-refractivity contribution in [1.29, 1.82) is 0 Å². The number of hydrogen-bond donors (Lipinski definition) is 3. The second-order valence-corrected chi connectivity index (χ2v) is 7.66. The molecular formula is C27H31N3O4. The van der Waals surface area contributed by atoms with E-state index in [-0.39, 0.29) is 18.4 Å². The molecule has 0 unspecified atom stereocenters. The van der Waals surface area contributed by atoms with Gasteiger partial charge in [0.05, 0.1) is 25.4 Å². The van der Waals surface area contributed by atoms with Crippen LogP contribution in [0.15, 0.2) is 78.9 Å². The molecular weight excluding hydrogens is 430 g/mol. The van der Waals surface area contributed by atoms with Crippen molar-refractivity contribution < 1.29 is 19.1 Å². The van der Waals surface area contributed by atoms with Gasteiger partial charge in [-0.1, -0.05) is 42.5 Å². The van der Waals surface area contributed by atoms with E-state index in [0.717, 1.165) is 18.5 Å². The van der Waals surface area contributed by atoms with E-state index >= 15 is 0 Å². The Bertz CT molecular complexity index is 1040. The van der Waals surface area contributed by atoms with Crippen molar-refractivity contribution >= 4 is 23.2 Å². The SMILES string of the molecule is COCCNC(=O)c1ccc(NC(=O)CNc2ccccc2OCCCc2ccccc2)cc1. The molecule has 0 aliphatic heterocycles. The molecule has 0 aromatic heterocycles. The number of para-hydroxylation sites is 2. The van der Waals surface area contributed by atoms with Crippen LogP contribution in [-0.4, -0.2) is 45.2 Å². The number of amides is 2. The highest BCUT2D eigenvalue weighted by Crippen LogP contribution is 2.24. The molecule has 7 heteroatoms. The average molecular weight is 462 g/mol. The Hall–Kier alpha value is -3.84. The van der Waals surface area contributed by atoms with E-state index in [9.17, 15) is 9.59 Å². The number of methoxy groups -OCH3 is 1. The number of carbonyl (C=O) groups excluding carboxylic acids is 2. The van der Waals surface area contributed by atoms with Crippen LogP contribution in [0.2, 0.25) is 0 Å². The fourth-order valence-electron chi connectivity index (χ4n) is 3.30. The molecule has 178 valence electrons. The normalized spacial score (nSPS) is 10.4. The maximum absolute atomic E-state index is 12.4. The van der Waals surface area contributed by atoms with Crippen molar-refractivity contribution in [3.8, 4) is 5.75 Å². The van der Waals surface area contributed by atoms with E-state index in [2.05, 4.69) is 28.1 Å². The Morgan fingerprint density at radius 1 is 0.853 bits per heavy atom. The van der Waals surface area contributed by atoms with Gasteiger partial charge in [0, 0.05) is 24.9 Å². The minimum absolute atomic E-state index is 0.0869. The van der Waals surface area contributed by atoms with Gasteiger partial charge in [0.2, 0.25) is 5.91 Å². The number of aryl methyl sites for hydroxylation is 1. The van der Waals surface area contributed by atoms with E-state index < -0.39 is 0 Å². The molecule has 34 heavy (non-hydrogen) atoms. The van der Waals surface area contributed by atoms with Crippen LogP contribution in [0.5, 0.6) is 5.75 Å². The highest BCUT2D eigenvalue weighted by Gasteiger charge is 2.08. The summed E-state index contributed by atoms with van der Waals surface area (Å²) >= 11 is 0. The predicted octanol–water partition coefficient (Wildman–Crippen LogP) is 4.13. The van der Waals surface area contributed by atoms with Crippen molar-refractivity contribution in [2.45, 2.75) is 12.8 Å². The van der Waals surface area contributed by atoms with Crippen molar-refractivity contribution in [2.24, 2.45) is 0 Å². The van der Waals surface area contributed by atoms with E-state index in [1.807, 2.05) is 42.5 Å². The number of rotatable bonds is 13. The van der Waals surface area contributed by atoms with E-state index in [0.29, 0.717) is 36.8 Å². The van der Waals surface area contributed by atoms with Crippen LogP contribution in [-0.2, 0) is 16.0 Å². The molecule has 2 amide bonds. The summed E-state index contributed by atoms with van der Waals surface area (Å²) in [5.41, 5.74) is 3.19. The summed E-state index contributed by atoms with van der Waals surface area (Å²) in [6.45, 7) is 1.57. The minimum Gasteiger partial charge on any atom is -0.491 e. The molecule has 0 aliphatic carbocycles. The smallest absolute Gasteiger partial charge is 0.251 e. The van der Waals surface area contributed by atoms with E-state index in [1.165, 1.54) is 5.56 Å². The molecule has 0 aliphatic rings. The lowest BCUT2D eigenvalue weighted by molar-refractivity contribution is -0.114. The van der Waals surface area contributed by atoms with Crippen LogP contribution < -0.4 is 20.7 Å². The fourth-order valence-corrected chi connectivity index (χ4v) is 3.30. The minimum atomic E-state index is -0.198. The summed E-state index contributed by atoms with van der Waals surface area (Å²) in [4.78, 5) is 24.4. The molecule has 0 fully saturated rings. The first-order valence-electron chi connectivity index (χ1n) is 11.3. The first-order valence-corrected chi connectivity index (χ1v) is 11.3. The van der Waals surface area contributed by atoms with Crippen LogP contribution in [0.3, 0.4) is 0 Å². The third kappa shape index (κ3) is 8.26. The maximum Gasteiger partial charge on any atom is 0.251 e. The Morgan fingerprint density at radius 3 is 2.35 bits per heavy atom. The van der Waals surface area contributed by atoms with Crippen molar-refractivity contribution in [2.75, 3.05) is 44.0 Å². The first-order chi connectivity index (χ1) is 16.7. The summed E-state index contributed by atoms with van der Waals surface area (Å²) in [7, 11) is 1.58. The zero-order valence-corrected chi connectivity index (χ0v) is 19.4. The number of anilines is 2. The van der Waals surface area contributed by atoms with Crippen LogP contribution in [0, 0.1) is 0 Å². The topological polar surface area (TPSA) is 88.7 Å². The molecule has 0 atom stereocenters. The Labute approximate surface area is 200 Å². The molecule has 0 spiro atoms. The van der Waals surface area contributed by atoms with Crippen LogP contribution in [0.1, 0.15) is 22.3 Å². The second-order valence-electron chi connectivity index (χ2n) is 7.66. The standard InChI is InChI=1S/C27H31N3O4/c1-33-19-17-28-27(32)22-13-15-23(16-14-22)30-26(31)20-29-24-11-5-6-12-25(24)34-18-7-10-21-8-3-2-4-9-21/h2-6,8-9,11-16,29H,7,10,17-20H2,1H3,(H,28,32)(H,30,31). The number of ether oxygens (including phenoxy) is 2. The average Bonchev–Trinajstić information content (AvgIpc) is 2.87. The van der Waals surface area contributed by atoms with Crippen LogP contribution in [0.4, 0.5) is 11.4 Å². The zero-order chi connectivity index (χ0) is 24.0. The predicted molar refractivity (Wildman–Crippen MR) is 134 cm³/mol. The Morgan fingerprint density at radius 2 is 1.59 bits per heavy atom. The van der Waals surface area contributed by atoms with Crippen LogP contribution in [0.25, 0.3) is 0 Å². The summed E-state index contributed by atoms with van der Waals surface area (Å²) in [5, 5.41) is 8.72. The number of nitrogens with one attached hydrogen (secondary N) is 3. The van der Waals surface area contributed by atoms with E-state index in [1.54, 1.807) is 31.4 Å². The van der Waals surface area contributed by atoms with Crippen molar-refractivity contribution in [1.82, 2.24) is 5.32 Å². The van der Waals surface area contributed by atoms with Gasteiger partial charge in [0.1, 0.15) is 5.75 Å². The van der Waals surface area contributed by atoms with Gasteiger partial charge in [-0.3, -0.25) is 9.59 Å². The zero-order valence-electron chi connectivity index (χ0n) is 19.4. The van der Waals surface area contributed by atoms with Crippen molar-refractivity contribution in [3.05, 3.63) is 90.0 Å². The summed E-state index contributed by atoms with van der Waals surface area (Å²) < 4.78 is 10.9. The highest BCUT2D eigenvalue weighted by molar-refractivity contribution is 5.96. The second kappa shape index (κ2) is 13.6. The molecule has 3 N–H and O–H groups in total. The maximum atomic E-state index is 12.4. The molecule has 0 saturated heterocycles. The van der Waals surface area contributed by atoms with E-state index in [4.69, 9.17) is 9.47 Å². The third-order valence-electron chi connectivity index (χ3n) is 5.06. The Kier molecular flexibility index (Phi) is 9.95. The summed E-state index contributed by atoms with van der Waals surface area (Å²) in [6.07, 6.45) is 1.85. The number of carbonyl (C=O) groups is 2. The van der Waals surface area contributed by atoms with Gasteiger partial charge in [0.25, 0.3) is 5.91 Å². The van der Waals surface area contributed by atoms with Crippen LogP contribution >= 0.6 is 0 Å². The fraction of sp³-hybridized carbons (Fsp3) is 0.259. The highest BCUT2D eigenvalue weighted by atomic mass is 16.5. The van der Waals surface area contributed by atoms with Gasteiger partial charge in [-0.05, 0) is 54.8 Å². The lowest BCUT2D eigenvalue weighted by atomic mass is 10.1. The first kappa shape index (κ1) is 24.8. The number of hydrogen-bond acceptors (Lipinski definition) is 5. The summed E-state index contributed by atoms with van der Waals surface area (Å²) in [6, 6.07) is 24.6. The van der Waals surface area contributed by atoms with Gasteiger partial charge in [-0.15, -0.1) is 0 Å². The van der Waals surface area contributed by atoms with Gasteiger partial charge in [0.15, 0.2) is 0 Å². The lowest BCUT2D eigenvalue weighted by Gasteiger charge is -2.13. The quantitative estimate of drug-likeness (QED) is 0.333. The molecule has 0 bridgehead atoms. The molecule has 0 radical (unpaired) electrons. The molecule has 3 rings (SSSR count).